The van der Waals surface area contributed by atoms with E-state index in [1.165, 1.54) is 19.1 Å². The van der Waals surface area contributed by atoms with Crippen LogP contribution in [0.15, 0.2) is 47.4 Å². The van der Waals surface area contributed by atoms with Gasteiger partial charge in [-0.2, -0.15) is 0 Å². The third kappa shape index (κ3) is 4.22. The molecule has 138 valence electrons. The van der Waals surface area contributed by atoms with Gasteiger partial charge in [0.2, 0.25) is 5.91 Å². The molecule has 0 radical (unpaired) electrons. The number of benzene rings is 2. The zero-order valence-electron chi connectivity index (χ0n) is 14.5. The van der Waals surface area contributed by atoms with Crippen LogP contribution in [0.1, 0.15) is 24.0 Å². The fraction of sp³-hybridized carbons (Fsp3) is 0.316. The number of sulfonamides is 1. The van der Waals surface area contributed by atoms with Crippen molar-refractivity contribution in [1.29, 1.82) is 0 Å². The molecule has 2 aromatic rings. The highest BCUT2D eigenvalue weighted by molar-refractivity contribution is 7.92. The minimum atomic E-state index is -3.79. The summed E-state index contributed by atoms with van der Waals surface area (Å²) in [6, 6.07) is 10.4. The Morgan fingerprint density at radius 2 is 1.77 bits per heavy atom. The average molecular weight is 376 g/mol. The van der Waals surface area contributed by atoms with E-state index < -0.39 is 15.8 Å². The van der Waals surface area contributed by atoms with Gasteiger partial charge in [0.25, 0.3) is 10.0 Å². The Balaban J connectivity index is 1.68. The molecule has 0 aromatic heterocycles. The van der Waals surface area contributed by atoms with Crippen LogP contribution in [0.25, 0.3) is 0 Å². The Morgan fingerprint density at radius 1 is 1.12 bits per heavy atom. The van der Waals surface area contributed by atoms with Crippen LogP contribution in [-0.4, -0.2) is 32.3 Å². The first-order chi connectivity index (χ1) is 12.3. The summed E-state index contributed by atoms with van der Waals surface area (Å²) in [5.74, 6) is -0.353. The van der Waals surface area contributed by atoms with E-state index in [0.29, 0.717) is 12.1 Å². The molecule has 0 spiro atoms. The van der Waals surface area contributed by atoms with Gasteiger partial charge in [0.15, 0.2) is 0 Å². The van der Waals surface area contributed by atoms with Crippen molar-refractivity contribution < 1.29 is 17.6 Å². The molecular weight excluding hydrogens is 355 g/mol. The molecule has 7 heteroatoms. The fourth-order valence-electron chi connectivity index (χ4n) is 2.94. The van der Waals surface area contributed by atoms with Gasteiger partial charge in [-0.1, -0.05) is 12.1 Å². The van der Waals surface area contributed by atoms with Crippen LogP contribution >= 0.6 is 0 Å². The standard InChI is InChI=1S/C19H21FN2O3S/c1-14-12-17(8-9-18(14)20)26(24,25)21-16-6-4-15(5-7-16)13-19(23)22-10-2-3-11-22/h4-9,12,21H,2-3,10-11,13H2,1H3. The van der Waals surface area contributed by atoms with E-state index in [0.717, 1.165) is 37.6 Å². The number of hydrogen-bond acceptors (Lipinski definition) is 3. The van der Waals surface area contributed by atoms with Crippen molar-refractivity contribution in [3.05, 3.63) is 59.4 Å². The van der Waals surface area contributed by atoms with E-state index >= 15 is 0 Å². The molecule has 3 rings (SSSR count). The van der Waals surface area contributed by atoms with Crippen LogP contribution in [0.5, 0.6) is 0 Å². The van der Waals surface area contributed by atoms with Crippen molar-refractivity contribution in [3.8, 4) is 0 Å². The number of carbonyl (C=O) groups excluding carboxylic acids is 1. The van der Waals surface area contributed by atoms with Crippen molar-refractivity contribution in [2.24, 2.45) is 0 Å². The number of aryl methyl sites for hydroxylation is 1. The quantitative estimate of drug-likeness (QED) is 0.872. The van der Waals surface area contributed by atoms with Crippen LogP contribution < -0.4 is 4.72 Å². The Kier molecular flexibility index (Phi) is 5.27. The largest absolute Gasteiger partial charge is 0.342 e. The summed E-state index contributed by atoms with van der Waals surface area (Å²) in [7, 11) is -3.79. The molecule has 26 heavy (non-hydrogen) atoms. The van der Waals surface area contributed by atoms with Crippen LogP contribution in [0.4, 0.5) is 10.1 Å². The number of nitrogens with one attached hydrogen (secondary N) is 1. The smallest absolute Gasteiger partial charge is 0.261 e. The lowest BCUT2D eigenvalue weighted by Crippen LogP contribution is -2.29. The number of nitrogens with zero attached hydrogens (tertiary/aromatic N) is 1. The third-order valence-corrected chi connectivity index (χ3v) is 5.84. The zero-order chi connectivity index (χ0) is 18.7. The van der Waals surface area contributed by atoms with Gasteiger partial charge in [0.1, 0.15) is 5.82 Å². The van der Waals surface area contributed by atoms with E-state index in [1.54, 1.807) is 24.3 Å². The Morgan fingerprint density at radius 3 is 2.38 bits per heavy atom. The van der Waals surface area contributed by atoms with Crippen LogP contribution in [0.3, 0.4) is 0 Å². The molecule has 0 atom stereocenters. The molecule has 1 aliphatic heterocycles. The predicted octanol–water partition coefficient (Wildman–Crippen LogP) is 3.10. The summed E-state index contributed by atoms with van der Waals surface area (Å²) in [6.45, 7) is 3.14. The van der Waals surface area contributed by atoms with Crippen LogP contribution in [0.2, 0.25) is 0 Å². The molecule has 1 saturated heterocycles. The summed E-state index contributed by atoms with van der Waals surface area (Å²) in [4.78, 5) is 14.0. The molecule has 1 amide bonds. The van der Waals surface area contributed by atoms with Crippen molar-refractivity contribution in [3.63, 3.8) is 0 Å². The van der Waals surface area contributed by atoms with Crippen molar-refractivity contribution in [2.45, 2.75) is 31.1 Å². The number of rotatable bonds is 5. The zero-order valence-corrected chi connectivity index (χ0v) is 15.4. The topological polar surface area (TPSA) is 66.5 Å². The van der Waals surface area contributed by atoms with Gasteiger partial charge >= 0.3 is 0 Å². The number of carbonyl (C=O) groups is 1. The maximum atomic E-state index is 13.3. The van der Waals surface area contributed by atoms with Gasteiger partial charge in [-0.25, -0.2) is 12.8 Å². The van der Waals surface area contributed by atoms with Crippen molar-refractivity contribution in [2.75, 3.05) is 17.8 Å². The normalized spacial score (nSPS) is 14.5. The van der Waals surface area contributed by atoms with E-state index in [4.69, 9.17) is 0 Å². The minimum absolute atomic E-state index is 0.00434. The molecule has 0 unspecified atom stereocenters. The van der Waals surface area contributed by atoms with Gasteiger partial charge in [-0.3, -0.25) is 9.52 Å². The SMILES string of the molecule is Cc1cc(S(=O)(=O)Nc2ccc(CC(=O)N3CCCC3)cc2)ccc1F. The fourth-order valence-corrected chi connectivity index (χ4v) is 4.09. The number of amides is 1. The second kappa shape index (κ2) is 7.45. The highest BCUT2D eigenvalue weighted by Crippen LogP contribution is 2.19. The van der Waals surface area contributed by atoms with Crippen LogP contribution in [-0.2, 0) is 21.2 Å². The first kappa shape index (κ1) is 18.4. The highest BCUT2D eigenvalue weighted by Gasteiger charge is 2.18. The number of anilines is 1. The first-order valence-corrected chi connectivity index (χ1v) is 9.99. The lowest BCUT2D eigenvalue weighted by molar-refractivity contribution is -0.129. The van der Waals surface area contributed by atoms with Gasteiger partial charge in [0.05, 0.1) is 11.3 Å². The second-order valence-corrected chi connectivity index (χ2v) is 8.16. The molecule has 1 fully saturated rings. The third-order valence-electron chi connectivity index (χ3n) is 4.46. The minimum Gasteiger partial charge on any atom is -0.342 e. The molecular formula is C19H21FN2O3S. The molecule has 2 aromatic carbocycles. The molecule has 1 aliphatic rings. The van der Waals surface area contributed by atoms with Gasteiger partial charge in [0, 0.05) is 18.8 Å². The monoisotopic (exact) mass is 376 g/mol. The van der Waals surface area contributed by atoms with Crippen molar-refractivity contribution >= 4 is 21.6 Å². The number of halogens is 1. The molecule has 0 bridgehead atoms. The molecule has 0 saturated carbocycles. The lowest BCUT2D eigenvalue weighted by Gasteiger charge is -2.15. The van der Waals surface area contributed by atoms with E-state index in [2.05, 4.69) is 4.72 Å². The highest BCUT2D eigenvalue weighted by atomic mass is 32.2. The van der Waals surface area contributed by atoms with E-state index in [-0.39, 0.29) is 16.4 Å². The maximum absolute atomic E-state index is 13.3. The summed E-state index contributed by atoms with van der Waals surface area (Å²) >= 11 is 0. The number of likely N-dealkylation sites (tertiary alicyclic amines) is 1. The predicted molar refractivity (Wildman–Crippen MR) is 97.9 cm³/mol. The molecule has 1 heterocycles. The summed E-state index contributed by atoms with van der Waals surface area (Å²) in [5.41, 5.74) is 1.50. The summed E-state index contributed by atoms with van der Waals surface area (Å²) < 4.78 is 40.6. The first-order valence-electron chi connectivity index (χ1n) is 8.51. The van der Waals surface area contributed by atoms with Crippen LogP contribution in [0, 0.1) is 12.7 Å². The maximum Gasteiger partial charge on any atom is 0.261 e. The molecule has 0 aliphatic carbocycles. The Hall–Kier alpha value is -2.41. The summed E-state index contributed by atoms with van der Waals surface area (Å²) in [6.07, 6.45) is 2.41. The Bertz CT molecular complexity index is 905. The van der Waals surface area contributed by atoms with Gasteiger partial charge in [-0.05, 0) is 61.2 Å². The number of hydrogen-bond donors (Lipinski definition) is 1. The van der Waals surface area contributed by atoms with E-state index in [9.17, 15) is 17.6 Å². The van der Waals surface area contributed by atoms with Gasteiger partial charge < -0.3 is 4.90 Å². The molecule has 5 nitrogen and oxygen atoms in total. The average Bonchev–Trinajstić information content (AvgIpc) is 3.13. The summed E-state index contributed by atoms with van der Waals surface area (Å²) in [5, 5.41) is 0. The van der Waals surface area contributed by atoms with Gasteiger partial charge in [-0.15, -0.1) is 0 Å². The second-order valence-electron chi connectivity index (χ2n) is 6.48. The van der Waals surface area contributed by atoms with Crippen molar-refractivity contribution in [1.82, 2.24) is 4.90 Å². The lowest BCUT2D eigenvalue weighted by atomic mass is 10.1. The molecule has 1 N–H and O–H groups in total. The van der Waals surface area contributed by atoms with E-state index in [1.807, 2.05) is 4.90 Å². The Labute approximate surface area is 152 Å².